The third-order valence-corrected chi connectivity index (χ3v) is 8.07. The monoisotopic (exact) mass is 547 g/mol. The van der Waals surface area contributed by atoms with Crippen molar-refractivity contribution in [1.29, 1.82) is 0 Å². The zero-order chi connectivity index (χ0) is 26.6. The zero-order valence-corrected chi connectivity index (χ0v) is 25.5. The van der Waals surface area contributed by atoms with Gasteiger partial charge in [-0.1, -0.05) is 175 Å². The molecule has 0 saturated carbocycles. The lowest BCUT2D eigenvalue weighted by Crippen LogP contribution is -3.00. The predicted octanol–water partition coefficient (Wildman–Crippen LogP) is 7.89. The number of quaternary nitrogens is 1. The molecule has 0 unspecified atom stereocenters. The van der Waals surface area contributed by atoms with E-state index in [2.05, 4.69) is 97.9 Å². The minimum absolute atomic E-state index is 0. The van der Waals surface area contributed by atoms with Crippen molar-refractivity contribution in [2.24, 2.45) is 0 Å². The standard InChI is InChI=1S/C37H54N.ClH/c1-2-3-4-5-6-7-8-9-10-11-12-13-14-24-31-38(32-35-25-18-15-19-26-35,33-36-27-20-16-21-28-36)34-37-29-22-17-23-30-37;/h15-23,25-30H,2-14,24,31-34H2,1H3;1H/q+1;/p-1. The third kappa shape index (κ3) is 14.2. The summed E-state index contributed by atoms with van der Waals surface area (Å²) in [5, 5.41) is 0. The first kappa shape index (κ1) is 33.1. The molecule has 3 aromatic rings. The van der Waals surface area contributed by atoms with Gasteiger partial charge in [-0.3, -0.25) is 0 Å². The van der Waals surface area contributed by atoms with Crippen molar-refractivity contribution in [1.82, 2.24) is 0 Å². The number of nitrogens with zero attached hydrogens (tertiary/aromatic N) is 1. The first-order valence-electron chi connectivity index (χ1n) is 15.8. The number of hydrogen-bond acceptors (Lipinski definition) is 0. The minimum atomic E-state index is 0. The molecule has 0 amide bonds. The SMILES string of the molecule is CCCCCCCCCCCCCCCC[N+](Cc1ccccc1)(Cc1ccccc1)Cc1ccccc1.[Cl-]. The van der Waals surface area contributed by atoms with Gasteiger partial charge in [0.2, 0.25) is 0 Å². The lowest BCUT2D eigenvalue weighted by Gasteiger charge is -2.39. The fourth-order valence-corrected chi connectivity index (χ4v) is 5.96. The van der Waals surface area contributed by atoms with E-state index in [0.29, 0.717) is 0 Å². The third-order valence-electron chi connectivity index (χ3n) is 8.07. The molecule has 0 N–H and O–H groups in total. The summed E-state index contributed by atoms with van der Waals surface area (Å²) in [7, 11) is 0. The van der Waals surface area contributed by atoms with Crippen molar-refractivity contribution in [3.05, 3.63) is 108 Å². The normalized spacial score (nSPS) is 11.3. The van der Waals surface area contributed by atoms with Crippen molar-refractivity contribution >= 4 is 0 Å². The molecule has 0 bridgehead atoms. The quantitative estimate of drug-likeness (QED) is 0.0939. The van der Waals surface area contributed by atoms with Crippen molar-refractivity contribution < 1.29 is 16.9 Å². The van der Waals surface area contributed by atoms with Crippen LogP contribution in [0.3, 0.4) is 0 Å². The van der Waals surface area contributed by atoms with E-state index in [1.54, 1.807) is 0 Å². The van der Waals surface area contributed by atoms with E-state index in [-0.39, 0.29) is 12.4 Å². The van der Waals surface area contributed by atoms with Crippen LogP contribution in [-0.4, -0.2) is 11.0 Å². The van der Waals surface area contributed by atoms with Gasteiger partial charge in [0.05, 0.1) is 6.54 Å². The second kappa shape index (κ2) is 20.8. The van der Waals surface area contributed by atoms with Crippen LogP contribution in [0, 0.1) is 0 Å². The Labute approximate surface area is 247 Å². The Bertz CT molecular complexity index is 840. The molecule has 3 aromatic carbocycles. The molecular weight excluding hydrogens is 494 g/mol. The Morgan fingerprint density at radius 2 is 0.667 bits per heavy atom. The van der Waals surface area contributed by atoms with Crippen LogP contribution in [0.5, 0.6) is 0 Å². The number of unbranched alkanes of at least 4 members (excludes halogenated alkanes) is 13. The van der Waals surface area contributed by atoms with E-state index < -0.39 is 0 Å². The maximum atomic E-state index is 2.31. The molecule has 0 atom stereocenters. The Hall–Kier alpha value is -2.09. The topological polar surface area (TPSA) is 0 Å². The molecule has 214 valence electrons. The summed E-state index contributed by atoms with van der Waals surface area (Å²) in [4.78, 5) is 0. The molecule has 0 heterocycles. The van der Waals surface area contributed by atoms with Crippen molar-refractivity contribution in [3.63, 3.8) is 0 Å². The Balaban J connectivity index is 0.00000533. The average molecular weight is 548 g/mol. The van der Waals surface area contributed by atoms with Crippen LogP contribution in [-0.2, 0) is 19.6 Å². The van der Waals surface area contributed by atoms with E-state index in [4.69, 9.17) is 0 Å². The highest BCUT2D eigenvalue weighted by atomic mass is 35.5. The van der Waals surface area contributed by atoms with E-state index in [0.717, 1.165) is 24.1 Å². The summed E-state index contributed by atoms with van der Waals surface area (Å²) in [6, 6.07) is 33.5. The van der Waals surface area contributed by atoms with Gasteiger partial charge >= 0.3 is 0 Å². The first-order chi connectivity index (χ1) is 18.8. The van der Waals surface area contributed by atoms with E-state index >= 15 is 0 Å². The maximum absolute atomic E-state index is 2.31. The number of halogens is 1. The van der Waals surface area contributed by atoms with Gasteiger partial charge in [0.25, 0.3) is 0 Å². The van der Waals surface area contributed by atoms with Crippen LogP contribution < -0.4 is 12.4 Å². The first-order valence-corrected chi connectivity index (χ1v) is 15.8. The molecule has 1 nitrogen and oxygen atoms in total. The van der Waals surface area contributed by atoms with Gasteiger partial charge in [0.1, 0.15) is 19.6 Å². The summed E-state index contributed by atoms with van der Waals surface area (Å²) in [6.07, 6.45) is 19.8. The van der Waals surface area contributed by atoms with Crippen LogP contribution in [0.4, 0.5) is 0 Å². The second-order valence-corrected chi connectivity index (χ2v) is 11.6. The lowest BCUT2D eigenvalue weighted by atomic mass is 10.0. The van der Waals surface area contributed by atoms with Gasteiger partial charge in [-0.2, -0.15) is 0 Å². The molecule has 0 fully saturated rings. The zero-order valence-electron chi connectivity index (χ0n) is 24.7. The predicted molar refractivity (Wildman–Crippen MR) is 166 cm³/mol. The summed E-state index contributed by atoms with van der Waals surface area (Å²) >= 11 is 0. The maximum Gasteiger partial charge on any atom is 0.105 e. The summed E-state index contributed by atoms with van der Waals surface area (Å²) < 4.78 is 1.09. The van der Waals surface area contributed by atoms with Crippen LogP contribution in [0.1, 0.15) is 114 Å². The smallest absolute Gasteiger partial charge is 0.105 e. The minimum Gasteiger partial charge on any atom is -1.00 e. The molecule has 0 saturated heterocycles. The van der Waals surface area contributed by atoms with Crippen LogP contribution in [0.15, 0.2) is 91.0 Å². The number of benzene rings is 3. The van der Waals surface area contributed by atoms with E-state index in [1.165, 1.54) is 113 Å². The largest absolute Gasteiger partial charge is 1.00 e. The molecule has 0 aromatic heterocycles. The molecule has 3 rings (SSSR count). The molecule has 39 heavy (non-hydrogen) atoms. The van der Waals surface area contributed by atoms with Crippen LogP contribution in [0.2, 0.25) is 0 Å². The fourth-order valence-electron chi connectivity index (χ4n) is 5.96. The van der Waals surface area contributed by atoms with Gasteiger partial charge in [0, 0.05) is 16.7 Å². The van der Waals surface area contributed by atoms with Gasteiger partial charge in [0.15, 0.2) is 0 Å². The van der Waals surface area contributed by atoms with E-state index in [1.807, 2.05) is 0 Å². The highest BCUT2D eigenvalue weighted by Crippen LogP contribution is 2.26. The Morgan fingerprint density at radius 1 is 0.385 bits per heavy atom. The van der Waals surface area contributed by atoms with Crippen molar-refractivity contribution in [2.75, 3.05) is 6.54 Å². The van der Waals surface area contributed by atoms with Gasteiger partial charge < -0.3 is 16.9 Å². The van der Waals surface area contributed by atoms with Gasteiger partial charge in [-0.25, -0.2) is 0 Å². The van der Waals surface area contributed by atoms with Gasteiger partial charge in [-0.15, -0.1) is 0 Å². The van der Waals surface area contributed by atoms with Gasteiger partial charge in [-0.05, 0) is 12.8 Å². The molecule has 0 radical (unpaired) electrons. The Kier molecular flexibility index (Phi) is 17.6. The number of hydrogen-bond donors (Lipinski definition) is 0. The van der Waals surface area contributed by atoms with E-state index in [9.17, 15) is 0 Å². The van der Waals surface area contributed by atoms with Crippen LogP contribution in [0.25, 0.3) is 0 Å². The molecule has 0 aliphatic carbocycles. The molecule has 0 spiro atoms. The average Bonchev–Trinajstić information content (AvgIpc) is 2.95. The van der Waals surface area contributed by atoms with Crippen LogP contribution >= 0.6 is 0 Å². The lowest BCUT2D eigenvalue weighted by molar-refractivity contribution is -0.966. The highest BCUT2D eigenvalue weighted by molar-refractivity contribution is 5.17. The summed E-state index contributed by atoms with van der Waals surface area (Å²) in [5.41, 5.74) is 4.35. The second-order valence-electron chi connectivity index (χ2n) is 11.6. The molecule has 2 heteroatoms. The Morgan fingerprint density at radius 3 is 0.974 bits per heavy atom. The molecule has 0 aliphatic heterocycles. The molecule has 0 aliphatic rings. The fraction of sp³-hybridized carbons (Fsp3) is 0.514. The molecular formula is C37H54ClN. The number of rotatable bonds is 21. The summed E-state index contributed by atoms with van der Waals surface area (Å²) in [6.45, 7) is 6.79. The summed E-state index contributed by atoms with van der Waals surface area (Å²) in [5.74, 6) is 0. The van der Waals surface area contributed by atoms with Crippen molar-refractivity contribution in [3.8, 4) is 0 Å². The highest BCUT2D eigenvalue weighted by Gasteiger charge is 2.28. The van der Waals surface area contributed by atoms with Crippen molar-refractivity contribution in [2.45, 2.75) is 116 Å².